The Morgan fingerprint density at radius 2 is 1.91 bits per heavy atom. The topological polar surface area (TPSA) is 81.7 Å². The zero-order chi connectivity index (χ0) is 17.5. The first-order chi connectivity index (χ1) is 10.8. The fourth-order valence-corrected chi connectivity index (χ4v) is 2.72. The first-order valence-corrected chi connectivity index (χ1v) is 9.30. The molecule has 1 N–H and O–H groups in total. The van der Waals surface area contributed by atoms with Crippen molar-refractivity contribution in [3.8, 4) is 0 Å². The van der Waals surface area contributed by atoms with E-state index >= 15 is 0 Å². The molecular formula is C15H20ClNO5P+. The Hall–Kier alpha value is -1.49. The van der Waals surface area contributed by atoms with E-state index in [1.807, 2.05) is 0 Å². The Bertz CT molecular complexity index is 578. The Balaban J connectivity index is 3.06. The highest BCUT2D eigenvalue weighted by atomic mass is 35.5. The van der Waals surface area contributed by atoms with Crippen LogP contribution >= 0.6 is 19.4 Å². The predicted octanol–water partition coefficient (Wildman–Crippen LogP) is 2.82. The van der Waals surface area contributed by atoms with Crippen molar-refractivity contribution in [3.63, 3.8) is 0 Å². The fraction of sp³-hybridized carbons (Fsp3) is 0.467. The minimum Gasteiger partial charge on any atom is -0.465 e. The SMILES string of the molecule is CCOC(CC[P+](C)=O)(NC(=O)c1ccc(Cl)cc1)C(=O)OC. The lowest BCUT2D eigenvalue weighted by Crippen LogP contribution is -2.57. The van der Waals surface area contributed by atoms with Gasteiger partial charge < -0.3 is 14.8 Å². The second-order valence-electron chi connectivity index (χ2n) is 4.81. The van der Waals surface area contributed by atoms with Gasteiger partial charge in [-0.2, -0.15) is 0 Å². The van der Waals surface area contributed by atoms with Crippen LogP contribution in [-0.4, -0.2) is 44.1 Å². The number of rotatable bonds is 8. The maximum absolute atomic E-state index is 12.4. The first-order valence-electron chi connectivity index (χ1n) is 7.03. The molecule has 8 heteroatoms. The van der Waals surface area contributed by atoms with Gasteiger partial charge in [0.2, 0.25) is 5.72 Å². The van der Waals surface area contributed by atoms with E-state index in [9.17, 15) is 14.2 Å². The van der Waals surface area contributed by atoms with Crippen molar-refractivity contribution in [3.05, 3.63) is 34.9 Å². The molecule has 1 aromatic carbocycles. The van der Waals surface area contributed by atoms with Gasteiger partial charge in [-0.25, -0.2) is 4.79 Å². The molecule has 1 aromatic rings. The zero-order valence-electron chi connectivity index (χ0n) is 13.3. The van der Waals surface area contributed by atoms with Crippen LogP contribution < -0.4 is 5.32 Å². The van der Waals surface area contributed by atoms with Gasteiger partial charge in [-0.15, -0.1) is 0 Å². The Kier molecular flexibility index (Phi) is 7.62. The molecule has 2 atom stereocenters. The second kappa shape index (κ2) is 8.96. The van der Waals surface area contributed by atoms with Crippen LogP contribution in [0.25, 0.3) is 0 Å². The number of nitrogens with one attached hydrogen (secondary N) is 1. The molecule has 0 saturated heterocycles. The van der Waals surface area contributed by atoms with Crippen molar-refractivity contribution in [1.29, 1.82) is 0 Å². The summed E-state index contributed by atoms with van der Waals surface area (Å²) in [6.45, 7) is 3.42. The van der Waals surface area contributed by atoms with Gasteiger partial charge in [-0.3, -0.25) is 4.79 Å². The Labute approximate surface area is 141 Å². The summed E-state index contributed by atoms with van der Waals surface area (Å²) in [7, 11) is -0.291. The first kappa shape index (κ1) is 19.6. The molecule has 1 amide bonds. The molecule has 0 aromatic heterocycles. The summed E-state index contributed by atoms with van der Waals surface area (Å²) >= 11 is 5.79. The normalized spacial score (nSPS) is 13.8. The lowest BCUT2D eigenvalue weighted by molar-refractivity contribution is -0.173. The van der Waals surface area contributed by atoms with E-state index < -0.39 is 25.4 Å². The van der Waals surface area contributed by atoms with Crippen molar-refractivity contribution in [2.24, 2.45) is 0 Å². The van der Waals surface area contributed by atoms with Crippen molar-refractivity contribution in [1.82, 2.24) is 5.32 Å². The van der Waals surface area contributed by atoms with E-state index in [1.54, 1.807) is 25.7 Å². The van der Waals surface area contributed by atoms with Crippen molar-refractivity contribution in [2.75, 3.05) is 26.5 Å². The van der Waals surface area contributed by atoms with E-state index in [4.69, 9.17) is 21.1 Å². The number of hydrogen-bond donors (Lipinski definition) is 1. The molecule has 0 aliphatic carbocycles. The molecule has 0 spiro atoms. The van der Waals surface area contributed by atoms with Crippen molar-refractivity contribution < 1.29 is 23.6 Å². The summed E-state index contributed by atoms with van der Waals surface area (Å²) in [6, 6.07) is 6.21. The molecule has 23 heavy (non-hydrogen) atoms. The number of carbonyl (C=O) groups is 2. The number of hydrogen-bond acceptors (Lipinski definition) is 5. The van der Waals surface area contributed by atoms with Crippen LogP contribution in [-0.2, 0) is 18.8 Å². The average molecular weight is 361 g/mol. The van der Waals surface area contributed by atoms with E-state index in [2.05, 4.69) is 5.32 Å². The minimum atomic E-state index is -1.67. The van der Waals surface area contributed by atoms with Gasteiger partial charge in [-0.05, 0) is 31.2 Å². The number of carbonyl (C=O) groups excluding carboxylic acids is 2. The summed E-state index contributed by atoms with van der Waals surface area (Å²) in [6.07, 6.45) is 0.268. The van der Waals surface area contributed by atoms with Gasteiger partial charge in [0, 0.05) is 17.2 Å². The van der Waals surface area contributed by atoms with Crippen LogP contribution in [0.2, 0.25) is 5.02 Å². The number of halogens is 1. The lowest BCUT2D eigenvalue weighted by atomic mass is 10.1. The summed E-state index contributed by atoms with van der Waals surface area (Å²) in [5, 5.41) is 3.06. The fourth-order valence-electron chi connectivity index (χ4n) is 1.97. The molecule has 6 nitrogen and oxygen atoms in total. The van der Waals surface area contributed by atoms with E-state index in [1.165, 1.54) is 19.2 Å². The van der Waals surface area contributed by atoms with Gasteiger partial charge in [-0.1, -0.05) is 16.2 Å². The molecule has 0 heterocycles. The predicted molar refractivity (Wildman–Crippen MR) is 88.3 cm³/mol. The summed E-state index contributed by atoms with van der Waals surface area (Å²) in [5.41, 5.74) is -1.34. The number of esters is 1. The van der Waals surface area contributed by atoms with E-state index in [-0.39, 0.29) is 19.2 Å². The van der Waals surface area contributed by atoms with Crippen LogP contribution in [0.5, 0.6) is 0 Å². The third-order valence-corrected chi connectivity index (χ3v) is 4.21. The van der Waals surface area contributed by atoms with Crippen LogP contribution in [0.4, 0.5) is 0 Å². The highest BCUT2D eigenvalue weighted by Crippen LogP contribution is 2.24. The van der Waals surface area contributed by atoms with Gasteiger partial charge >= 0.3 is 13.8 Å². The van der Waals surface area contributed by atoms with Crippen molar-refractivity contribution in [2.45, 2.75) is 19.1 Å². The molecule has 0 saturated carbocycles. The average Bonchev–Trinajstić information content (AvgIpc) is 2.52. The van der Waals surface area contributed by atoms with Crippen molar-refractivity contribution >= 4 is 31.3 Å². The van der Waals surface area contributed by atoms with Gasteiger partial charge in [0.15, 0.2) is 6.16 Å². The standard InChI is InChI=1S/C15H19ClNO5P/c1-4-22-15(14(19)21-2,9-10-23(3)20)17-13(18)11-5-7-12(16)8-6-11/h5-8H,4,9-10H2,1-3H3/p+1. The molecule has 0 aliphatic heterocycles. The highest BCUT2D eigenvalue weighted by molar-refractivity contribution is 7.43. The smallest absolute Gasteiger partial charge is 0.359 e. The molecule has 0 fully saturated rings. The Morgan fingerprint density at radius 3 is 2.39 bits per heavy atom. The second-order valence-corrected chi connectivity index (χ2v) is 6.95. The number of methoxy groups -OCH3 is 1. The summed E-state index contributed by atoms with van der Waals surface area (Å²) in [5.74, 6) is -1.25. The largest absolute Gasteiger partial charge is 0.465 e. The van der Waals surface area contributed by atoms with Gasteiger partial charge in [0.25, 0.3) is 5.91 Å². The number of amides is 1. The number of benzene rings is 1. The van der Waals surface area contributed by atoms with Crippen LogP contribution in [0, 0.1) is 0 Å². The van der Waals surface area contributed by atoms with Crippen LogP contribution in [0.1, 0.15) is 23.7 Å². The lowest BCUT2D eigenvalue weighted by Gasteiger charge is -2.30. The molecule has 0 aliphatic rings. The third kappa shape index (κ3) is 5.57. The minimum absolute atomic E-state index is 0.0541. The molecule has 126 valence electrons. The van der Waals surface area contributed by atoms with Crippen LogP contribution in [0.15, 0.2) is 24.3 Å². The maximum Gasteiger partial charge on any atom is 0.359 e. The third-order valence-electron chi connectivity index (χ3n) is 3.11. The zero-order valence-corrected chi connectivity index (χ0v) is 14.9. The van der Waals surface area contributed by atoms with E-state index in [0.717, 1.165) is 0 Å². The van der Waals surface area contributed by atoms with Gasteiger partial charge in [0.05, 0.1) is 13.5 Å². The Morgan fingerprint density at radius 1 is 1.30 bits per heavy atom. The summed E-state index contributed by atoms with van der Waals surface area (Å²) < 4.78 is 21.7. The molecular weight excluding hydrogens is 341 g/mol. The molecule has 1 rings (SSSR count). The van der Waals surface area contributed by atoms with Gasteiger partial charge in [0.1, 0.15) is 6.66 Å². The quantitative estimate of drug-likeness (QED) is 0.438. The molecule has 0 radical (unpaired) electrons. The van der Waals surface area contributed by atoms with Crippen LogP contribution in [0.3, 0.4) is 0 Å². The molecule has 2 unspecified atom stereocenters. The number of ether oxygens (including phenoxy) is 2. The monoisotopic (exact) mass is 360 g/mol. The molecule has 0 bridgehead atoms. The highest BCUT2D eigenvalue weighted by Gasteiger charge is 2.44. The maximum atomic E-state index is 12.4. The van der Waals surface area contributed by atoms with E-state index in [0.29, 0.717) is 10.6 Å². The summed E-state index contributed by atoms with van der Waals surface area (Å²) in [4.78, 5) is 24.6.